The number of halogens is 1. The number of H-pyrrole nitrogens is 1. The molecule has 4 rings (SSSR count). The van der Waals surface area contributed by atoms with Crippen molar-refractivity contribution in [1.82, 2.24) is 4.98 Å². The van der Waals surface area contributed by atoms with Gasteiger partial charge in [-0.25, -0.2) is 4.39 Å². The summed E-state index contributed by atoms with van der Waals surface area (Å²) in [7, 11) is 0. The largest absolute Gasteiger partial charge is 0.481 e. The van der Waals surface area contributed by atoms with Gasteiger partial charge in [0, 0.05) is 23.8 Å². The van der Waals surface area contributed by atoms with Crippen LogP contribution in [0, 0.1) is 5.82 Å². The molecule has 146 valence electrons. The molecule has 0 amide bonds. The first-order valence-electron chi connectivity index (χ1n) is 9.48. The molecule has 4 nitrogen and oxygen atoms in total. The number of carboxylic acid groups (broad SMARTS) is 1. The molecule has 29 heavy (non-hydrogen) atoms. The molecule has 3 aromatic carbocycles. The highest BCUT2D eigenvalue weighted by molar-refractivity contribution is 5.80. The lowest BCUT2D eigenvalue weighted by atomic mass is 9.97. The van der Waals surface area contributed by atoms with E-state index in [1.165, 1.54) is 12.1 Å². The van der Waals surface area contributed by atoms with Crippen molar-refractivity contribution in [2.45, 2.75) is 18.9 Å². The van der Waals surface area contributed by atoms with Crippen molar-refractivity contribution < 1.29 is 14.3 Å². The maximum atomic E-state index is 13.5. The van der Waals surface area contributed by atoms with E-state index in [1.807, 2.05) is 36.5 Å². The summed E-state index contributed by atoms with van der Waals surface area (Å²) >= 11 is 0. The summed E-state index contributed by atoms with van der Waals surface area (Å²) in [5, 5.41) is 13.5. The van der Waals surface area contributed by atoms with E-state index in [-0.39, 0.29) is 18.3 Å². The van der Waals surface area contributed by atoms with Crippen molar-refractivity contribution in [2.75, 3.05) is 5.32 Å². The Morgan fingerprint density at radius 2 is 1.69 bits per heavy atom. The number of nitrogens with one attached hydrogen (secondary N) is 2. The van der Waals surface area contributed by atoms with Crippen molar-refractivity contribution in [3.63, 3.8) is 0 Å². The van der Waals surface area contributed by atoms with Gasteiger partial charge >= 0.3 is 5.97 Å². The van der Waals surface area contributed by atoms with E-state index in [0.717, 1.165) is 33.3 Å². The quantitative estimate of drug-likeness (QED) is 0.390. The standard InChI is InChI=1S/C24H21FN2O2/c25-20-8-6-18(7-9-20)24(19-5-4-17-13-14-26-22(17)15-19)27-21-10-1-16(2-11-21)3-12-23(28)29/h1-2,4-11,13-15,24,26-27H,3,12H2,(H,28,29). The highest BCUT2D eigenvalue weighted by atomic mass is 19.1. The minimum absolute atomic E-state index is 0.112. The number of hydrogen-bond acceptors (Lipinski definition) is 2. The number of hydrogen-bond donors (Lipinski definition) is 3. The molecule has 0 aliphatic heterocycles. The highest BCUT2D eigenvalue weighted by Crippen LogP contribution is 2.29. The molecule has 0 fully saturated rings. The van der Waals surface area contributed by atoms with Crippen LogP contribution in [-0.2, 0) is 11.2 Å². The Hall–Kier alpha value is -3.60. The first-order valence-corrected chi connectivity index (χ1v) is 9.48. The third kappa shape index (κ3) is 4.46. The molecule has 0 saturated carbocycles. The van der Waals surface area contributed by atoms with E-state index >= 15 is 0 Å². The summed E-state index contributed by atoms with van der Waals surface area (Å²) in [5.41, 5.74) is 4.93. The van der Waals surface area contributed by atoms with E-state index in [9.17, 15) is 9.18 Å². The Labute approximate surface area is 168 Å². The Balaban J connectivity index is 1.63. The van der Waals surface area contributed by atoms with Crippen molar-refractivity contribution in [2.24, 2.45) is 0 Å². The van der Waals surface area contributed by atoms with Crippen LogP contribution in [0.4, 0.5) is 10.1 Å². The van der Waals surface area contributed by atoms with Gasteiger partial charge in [0.05, 0.1) is 6.04 Å². The number of aromatic nitrogens is 1. The molecule has 0 aliphatic carbocycles. The summed E-state index contributed by atoms with van der Waals surface area (Å²) in [6.07, 6.45) is 2.52. The van der Waals surface area contributed by atoms with Gasteiger partial charge in [-0.1, -0.05) is 36.4 Å². The van der Waals surface area contributed by atoms with Crippen molar-refractivity contribution in [3.8, 4) is 0 Å². The van der Waals surface area contributed by atoms with Gasteiger partial charge in [0.25, 0.3) is 0 Å². The molecule has 0 saturated heterocycles. The summed E-state index contributed by atoms with van der Waals surface area (Å²) in [4.78, 5) is 14.0. The summed E-state index contributed by atoms with van der Waals surface area (Å²) < 4.78 is 13.5. The first kappa shape index (κ1) is 18.7. The minimum atomic E-state index is -0.803. The first-order chi connectivity index (χ1) is 14.1. The van der Waals surface area contributed by atoms with E-state index in [1.54, 1.807) is 12.1 Å². The number of benzene rings is 3. The van der Waals surface area contributed by atoms with Crippen LogP contribution in [-0.4, -0.2) is 16.1 Å². The van der Waals surface area contributed by atoms with E-state index < -0.39 is 5.97 Å². The van der Waals surface area contributed by atoms with Crippen molar-refractivity contribution >= 4 is 22.6 Å². The topological polar surface area (TPSA) is 65.1 Å². The second-order valence-electron chi connectivity index (χ2n) is 7.04. The van der Waals surface area contributed by atoms with Crippen molar-refractivity contribution in [3.05, 3.63) is 102 Å². The molecule has 0 aliphatic rings. The van der Waals surface area contributed by atoms with Crippen LogP contribution in [0.15, 0.2) is 79.0 Å². The van der Waals surface area contributed by atoms with Crippen LogP contribution < -0.4 is 5.32 Å². The maximum Gasteiger partial charge on any atom is 0.303 e. The lowest BCUT2D eigenvalue weighted by Crippen LogP contribution is -2.12. The molecule has 0 bridgehead atoms. The number of rotatable bonds is 7. The normalized spacial score (nSPS) is 12.0. The molecule has 1 atom stereocenters. The molecular formula is C24H21FN2O2. The second kappa shape index (κ2) is 8.19. The fourth-order valence-electron chi connectivity index (χ4n) is 3.44. The molecule has 5 heteroatoms. The third-order valence-corrected chi connectivity index (χ3v) is 5.01. The fourth-order valence-corrected chi connectivity index (χ4v) is 3.44. The molecule has 3 N–H and O–H groups in total. The zero-order valence-corrected chi connectivity index (χ0v) is 15.7. The highest BCUT2D eigenvalue weighted by Gasteiger charge is 2.15. The molecule has 0 radical (unpaired) electrons. The van der Waals surface area contributed by atoms with Gasteiger partial charge in [-0.15, -0.1) is 0 Å². The van der Waals surface area contributed by atoms with Crippen LogP contribution >= 0.6 is 0 Å². The molecule has 0 spiro atoms. The number of carbonyl (C=O) groups is 1. The van der Waals surface area contributed by atoms with Crippen LogP contribution in [0.2, 0.25) is 0 Å². The zero-order chi connectivity index (χ0) is 20.2. The summed E-state index contributed by atoms with van der Waals surface area (Å²) in [6.45, 7) is 0. The average Bonchev–Trinajstić information content (AvgIpc) is 3.20. The zero-order valence-electron chi connectivity index (χ0n) is 15.7. The number of anilines is 1. The number of aliphatic carboxylic acids is 1. The van der Waals surface area contributed by atoms with Gasteiger partial charge in [-0.3, -0.25) is 4.79 Å². The Bertz CT molecular complexity index is 1120. The number of aromatic amines is 1. The Kier molecular flexibility index (Phi) is 5.29. The van der Waals surface area contributed by atoms with Crippen molar-refractivity contribution in [1.29, 1.82) is 0 Å². The number of aryl methyl sites for hydroxylation is 1. The van der Waals surface area contributed by atoms with Gasteiger partial charge in [-0.05, 0) is 64.9 Å². The van der Waals surface area contributed by atoms with E-state index in [0.29, 0.717) is 6.42 Å². The monoisotopic (exact) mass is 388 g/mol. The van der Waals surface area contributed by atoms with Crippen LogP contribution in [0.25, 0.3) is 10.9 Å². The SMILES string of the molecule is O=C(O)CCc1ccc(NC(c2ccc(F)cc2)c2ccc3cc[nH]c3c2)cc1. The minimum Gasteiger partial charge on any atom is -0.481 e. The summed E-state index contributed by atoms with van der Waals surface area (Å²) in [5.74, 6) is -1.07. The van der Waals surface area contributed by atoms with Crippen LogP contribution in [0.5, 0.6) is 0 Å². The van der Waals surface area contributed by atoms with Gasteiger partial charge in [0.15, 0.2) is 0 Å². The van der Waals surface area contributed by atoms with Gasteiger partial charge in [0.1, 0.15) is 5.82 Å². The van der Waals surface area contributed by atoms with Gasteiger partial charge in [-0.2, -0.15) is 0 Å². The lowest BCUT2D eigenvalue weighted by molar-refractivity contribution is -0.136. The molecular weight excluding hydrogens is 367 g/mol. The fraction of sp³-hybridized carbons (Fsp3) is 0.125. The van der Waals surface area contributed by atoms with E-state index in [2.05, 4.69) is 28.5 Å². The second-order valence-corrected chi connectivity index (χ2v) is 7.04. The third-order valence-electron chi connectivity index (χ3n) is 5.01. The molecule has 1 aromatic heterocycles. The van der Waals surface area contributed by atoms with Gasteiger partial charge < -0.3 is 15.4 Å². The number of fused-ring (bicyclic) bond motifs is 1. The maximum absolute atomic E-state index is 13.5. The smallest absolute Gasteiger partial charge is 0.303 e. The Morgan fingerprint density at radius 1 is 0.966 bits per heavy atom. The van der Waals surface area contributed by atoms with Crippen LogP contribution in [0.3, 0.4) is 0 Å². The number of carboxylic acids is 1. The molecule has 1 unspecified atom stereocenters. The average molecular weight is 388 g/mol. The lowest BCUT2D eigenvalue weighted by Gasteiger charge is -2.21. The molecule has 4 aromatic rings. The predicted octanol–water partition coefficient (Wildman–Crippen LogP) is 5.53. The van der Waals surface area contributed by atoms with Crippen LogP contribution in [0.1, 0.15) is 29.2 Å². The van der Waals surface area contributed by atoms with Gasteiger partial charge in [0.2, 0.25) is 0 Å². The van der Waals surface area contributed by atoms with E-state index in [4.69, 9.17) is 5.11 Å². The predicted molar refractivity (Wildman–Crippen MR) is 113 cm³/mol. The Morgan fingerprint density at radius 3 is 2.41 bits per heavy atom. The molecule has 1 heterocycles. The summed E-state index contributed by atoms with van der Waals surface area (Å²) in [6, 6.07) is 22.3.